The molecule has 0 amide bonds. The van der Waals surface area contributed by atoms with Gasteiger partial charge in [0.05, 0.1) is 12.5 Å². The van der Waals surface area contributed by atoms with E-state index in [1.165, 1.54) is 0 Å². The van der Waals surface area contributed by atoms with Crippen LogP contribution in [-0.2, 0) is 30.2 Å². The summed E-state index contributed by atoms with van der Waals surface area (Å²) in [4.78, 5) is 15.2. The molecule has 90 valence electrons. The van der Waals surface area contributed by atoms with E-state index in [1.807, 2.05) is 6.92 Å². The number of ether oxygens (including phenoxy) is 1. The summed E-state index contributed by atoms with van der Waals surface area (Å²) in [5.41, 5.74) is 2.18. The predicted octanol–water partition coefficient (Wildman–Crippen LogP) is 0.165. The standard InChI is InChI=1S/C7H15NO6S/c1-3-6(2)7(9)12-5-4-8-13-14-15(10)11/h6,8H,3-5H2,1-2H3,(H,10,11). The fourth-order valence-electron chi connectivity index (χ4n) is 0.597. The van der Waals surface area contributed by atoms with E-state index >= 15 is 0 Å². The molecule has 0 heterocycles. The van der Waals surface area contributed by atoms with E-state index in [0.29, 0.717) is 0 Å². The van der Waals surface area contributed by atoms with Gasteiger partial charge in [-0.15, -0.1) is 4.99 Å². The highest BCUT2D eigenvalue weighted by Crippen LogP contribution is 2.02. The lowest BCUT2D eigenvalue weighted by atomic mass is 10.1. The molecule has 15 heavy (non-hydrogen) atoms. The third-order valence-electron chi connectivity index (χ3n) is 1.61. The van der Waals surface area contributed by atoms with Crippen molar-refractivity contribution in [3.05, 3.63) is 0 Å². The molecular formula is C7H15NO6S. The van der Waals surface area contributed by atoms with Crippen molar-refractivity contribution in [2.24, 2.45) is 5.92 Å². The monoisotopic (exact) mass is 241 g/mol. The summed E-state index contributed by atoms with van der Waals surface area (Å²) in [5.74, 6) is -0.418. The molecule has 0 aliphatic heterocycles. The minimum atomic E-state index is -2.48. The second-order valence-corrected chi connectivity index (χ2v) is 3.31. The van der Waals surface area contributed by atoms with Crippen molar-refractivity contribution in [1.29, 1.82) is 0 Å². The highest BCUT2D eigenvalue weighted by Gasteiger charge is 2.10. The highest BCUT2D eigenvalue weighted by molar-refractivity contribution is 7.74. The number of hydrogen-bond donors (Lipinski definition) is 2. The number of rotatable bonds is 8. The molecule has 0 aromatic rings. The third-order valence-corrected chi connectivity index (χ3v) is 1.80. The molecule has 7 nitrogen and oxygen atoms in total. The van der Waals surface area contributed by atoms with Gasteiger partial charge in [0.25, 0.3) is 0 Å². The first-order valence-electron chi connectivity index (χ1n) is 4.42. The van der Waals surface area contributed by atoms with Crippen molar-refractivity contribution < 1.29 is 27.6 Å². The first-order valence-corrected chi connectivity index (χ1v) is 5.45. The van der Waals surface area contributed by atoms with E-state index in [9.17, 15) is 9.00 Å². The molecule has 0 rings (SSSR count). The van der Waals surface area contributed by atoms with Gasteiger partial charge in [-0.1, -0.05) is 18.2 Å². The summed E-state index contributed by atoms with van der Waals surface area (Å²) in [7, 11) is 0. The molecule has 0 aliphatic rings. The van der Waals surface area contributed by atoms with Gasteiger partial charge < -0.3 is 4.74 Å². The molecule has 0 saturated carbocycles. The van der Waals surface area contributed by atoms with Crippen molar-refractivity contribution in [2.45, 2.75) is 20.3 Å². The Hall–Kier alpha value is -0.540. The van der Waals surface area contributed by atoms with Crippen LogP contribution in [0.15, 0.2) is 0 Å². The van der Waals surface area contributed by atoms with Crippen molar-refractivity contribution in [2.75, 3.05) is 13.2 Å². The number of hydroxylamine groups is 1. The Bertz CT molecular complexity index is 212. The Morgan fingerprint density at radius 3 is 2.80 bits per heavy atom. The zero-order valence-corrected chi connectivity index (χ0v) is 9.41. The van der Waals surface area contributed by atoms with Crippen LogP contribution in [-0.4, -0.2) is 27.9 Å². The molecule has 0 aliphatic carbocycles. The van der Waals surface area contributed by atoms with E-state index < -0.39 is 11.4 Å². The number of carbonyl (C=O) groups is 1. The van der Waals surface area contributed by atoms with E-state index in [0.717, 1.165) is 6.42 Å². The van der Waals surface area contributed by atoms with Gasteiger partial charge >= 0.3 is 17.3 Å². The van der Waals surface area contributed by atoms with Crippen molar-refractivity contribution >= 4 is 17.3 Å². The van der Waals surface area contributed by atoms with Crippen LogP contribution < -0.4 is 5.48 Å². The van der Waals surface area contributed by atoms with Crippen LogP contribution in [0.3, 0.4) is 0 Å². The molecular weight excluding hydrogens is 226 g/mol. The van der Waals surface area contributed by atoms with Gasteiger partial charge in [-0.05, 0) is 6.42 Å². The molecule has 2 atom stereocenters. The lowest BCUT2D eigenvalue weighted by Gasteiger charge is -2.08. The van der Waals surface area contributed by atoms with Gasteiger partial charge in [-0.3, -0.25) is 9.35 Å². The van der Waals surface area contributed by atoms with Crippen LogP contribution in [0.1, 0.15) is 20.3 Å². The summed E-state index contributed by atoms with van der Waals surface area (Å²) in [6.45, 7) is 3.92. The minimum absolute atomic E-state index is 0.102. The van der Waals surface area contributed by atoms with Crippen molar-refractivity contribution in [1.82, 2.24) is 5.48 Å². The predicted molar refractivity (Wildman–Crippen MR) is 51.4 cm³/mol. The van der Waals surface area contributed by atoms with Gasteiger partial charge in [-0.25, -0.2) is 0 Å². The molecule has 0 saturated heterocycles. The number of carbonyl (C=O) groups excluding carboxylic acids is 1. The van der Waals surface area contributed by atoms with E-state index in [2.05, 4.69) is 14.8 Å². The number of esters is 1. The molecule has 0 radical (unpaired) electrons. The highest BCUT2D eigenvalue weighted by atomic mass is 32.2. The molecule has 0 fully saturated rings. The molecule has 2 N–H and O–H groups in total. The zero-order chi connectivity index (χ0) is 11.7. The zero-order valence-electron chi connectivity index (χ0n) is 8.60. The Labute approximate surface area is 90.5 Å². The maximum absolute atomic E-state index is 11.1. The molecule has 0 aromatic heterocycles. The first-order chi connectivity index (χ1) is 7.07. The fourth-order valence-corrected chi connectivity index (χ4v) is 0.703. The number of nitrogens with one attached hydrogen (secondary N) is 1. The first kappa shape index (κ1) is 14.5. The Balaban J connectivity index is 3.31. The summed E-state index contributed by atoms with van der Waals surface area (Å²) in [6, 6.07) is 0. The molecule has 0 aromatic carbocycles. The molecule has 8 heteroatoms. The summed E-state index contributed by atoms with van der Waals surface area (Å²) in [6.07, 6.45) is 0.718. The van der Waals surface area contributed by atoms with Gasteiger partial charge in [-0.2, -0.15) is 9.69 Å². The van der Waals surface area contributed by atoms with Crippen LogP contribution in [0.4, 0.5) is 0 Å². The molecule has 2 unspecified atom stereocenters. The van der Waals surface area contributed by atoms with Gasteiger partial charge in [0.15, 0.2) is 0 Å². The SMILES string of the molecule is CCC(C)C(=O)OCCNOOS(=O)O. The smallest absolute Gasteiger partial charge is 0.332 e. The third kappa shape index (κ3) is 8.45. The van der Waals surface area contributed by atoms with Crippen molar-refractivity contribution in [3.8, 4) is 0 Å². The normalized spacial score (nSPS) is 14.6. The second kappa shape index (κ2) is 8.74. The van der Waals surface area contributed by atoms with E-state index in [4.69, 9.17) is 9.29 Å². The van der Waals surface area contributed by atoms with Gasteiger partial charge in [0.1, 0.15) is 6.61 Å². The summed E-state index contributed by atoms with van der Waals surface area (Å²) >= 11 is -2.48. The van der Waals surface area contributed by atoms with E-state index in [1.54, 1.807) is 6.92 Å². The van der Waals surface area contributed by atoms with Gasteiger partial charge in [0, 0.05) is 0 Å². The number of hydrogen-bond acceptors (Lipinski definition) is 6. The quantitative estimate of drug-likeness (QED) is 0.205. The second-order valence-electron chi connectivity index (χ2n) is 2.74. The van der Waals surface area contributed by atoms with Crippen LogP contribution in [0.2, 0.25) is 0 Å². The fraction of sp³-hybridized carbons (Fsp3) is 0.857. The Morgan fingerprint density at radius 1 is 1.60 bits per heavy atom. The van der Waals surface area contributed by atoms with Crippen LogP contribution >= 0.6 is 0 Å². The summed E-state index contributed by atoms with van der Waals surface area (Å²) < 4.78 is 26.6. The average molecular weight is 241 g/mol. The van der Waals surface area contributed by atoms with E-state index in [-0.39, 0.29) is 25.0 Å². The summed E-state index contributed by atoms with van der Waals surface area (Å²) in [5, 5.41) is 0. The van der Waals surface area contributed by atoms with Crippen LogP contribution in [0.25, 0.3) is 0 Å². The maximum atomic E-state index is 11.1. The van der Waals surface area contributed by atoms with Gasteiger partial charge in [0.2, 0.25) is 0 Å². The topological polar surface area (TPSA) is 94.1 Å². The lowest BCUT2D eigenvalue weighted by Crippen LogP contribution is -2.24. The molecule has 0 bridgehead atoms. The maximum Gasteiger partial charge on any atom is 0.332 e. The average Bonchev–Trinajstić information content (AvgIpc) is 2.21. The minimum Gasteiger partial charge on any atom is -0.464 e. The molecule has 0 spiro atoms. The lowest BCUT2D eigenvalue weighted by molar-refractivity contribution is -0.255. The van der Waals surface area contributed by atoms with Crippen LogP contribution in [0.5, 0.6) is 0 Å². The largest absolute Gasteiger partial charge is 0.464 e. The Morgan fingerprint density at radius 2 is 2.27 bits per heavy atom. The Kier molecular flexibility index (Phi) is 8.43. The van der Waals surface area contributed by atoms with Crippen LogP contribution in [0, 0.1) is 5.92 Å². The van der Waals surface area contributed by atoms with Crippen molar-refractivity contribution in [3.63, 3.8) is 0 Å².